The van der Waals surface area contributed by atoms with Gasteiger partial charge in [0.25, 0.3) is 0 Å². The van der Waals surface area contributed by atoms with Crippen LogP contribution in [-0.4, -0.2) is 0 Å². The maximum absolute atomic E-state index is 3.68. The minimum atomic E-state index is 0.655. The Hall–Kier alpha value is -0.780. The molecule has 0 saturated carbocycles. The molecule has 0 rings (SSSR count). The minimum absolute atomic E-state index is 0.655. The average Bonchev–Trinajstić information content (AvgIpc) is 2.02. The number of hydrogen-bond acceptors (Lipinski definition) is 0. The number of allylic oxidation sites excluding steroid dienone is 5. The first-order valence-electron chi connectivity index (χ1n) is 4.71. The maximum atomic E-state index is 3.68. The van der Waals surface area contributed by atoms with E-state index in [-0.39, 0.29) is 0 Å². The highest BCUT2D eigenvalue weighted by molar-refractivity contribution is 5.03. The molecule has 0 nitrogen and oxygen atoms in total. The standard InChI is InChI=1S/C12H20/c1-4-5-6-7-8-9-10-11-12(2)3/h4,8-12H,1,5-7H2,2-3H3/b9-8+,11-10+. The summed E-state index contributed by atoms with van der Waals surface area (Å²) in [6.07, 6.45) is 14.1. The zero-order valence-corrected chi connectivity index (χ0v) is 8.29. The van der Waals surface area contributed by atoms with Gasteiger partial charge in [-0.05, 0) is 25.2 Å². The van der Waals surface area contributed by atoms with Crippen LogP contribution in [0.4, 0.5) is 0 Å². The van der Waals surface area contributed by atoms with E-state index in [2.05, 4.69) is 44.7 Å². The highest BCUT2D eigenvalue weighted by Crippen LogP contribution is 1.98. The van der Waals surface area contributed by atoms with Crippen molar-refractivity contribution in [3.8, 4) is 0 Å². The van der Waals surface area contributed by atoms with Crippen LogP contribution in [0.5, 0.6) is 0 Å². The van der Waals surface area contributed by atoms with Crippen LogP contribution in [-0.2, 0) is 0 Å². The monoisotopic (exact) mass is 164 g/mol. The third kappa shape index (κ3) is 9.22. The zero-order valence-electron chi connectivity index (χ0n) is 8.29. The zero-order chi connectivity index (χ0) is 9.23. The molecule has 0 aromatic carbocycles. The first-order valence-corrected chi connectivity index (χ1v) is 4.71. The Morgan fingerprint density at radius 3 is 2.50 bits per heavy atom. The molecule has 0 N–H and O–H groups in total. The van der Waals surface area contributed by atoms with Gasteiger partial charge in [-0.1, -0.05) is 44.2 Å². The highest BCUT2D eigenvalue weighted by atomic mass is 13.9. The SMILES string of the molecule is C=CCCC/C=C/C=C/C(C)C. The van der Waals surface area contributed by atoms with E-state index >= 15 is 0 Å². The Labute approximate surface area is 76.7 Å². The van der Waals surface area contributed by atoms with Crippen molar-refractivity contribution >= 4 is 0 Å². The number of unbranched alkanes of at least 4 members (excludes halogenated alkanes) is 2. The van der Waals surface area contributed by atoms with Crippen molar-refractivity contribution in [1.82, 2.24) is 0 Å². The van der Waals surface area contributed by atoms with Gasteiger partial charge < -0.3 is 0 Å². The molecule has 12 heavy (non-hydrogen) atoms. The van der Waals surface area contributed by atoms with Crippen molar-refractivity contribution in [3.63, 3.8) is 0 Å². The molecule has 0 aromatic rings. The minimum Gasteiger partial charge on any atom is -0.103 e. The van der Waals surface area contributed by atoms with Gasteiger partial charge in [0, 0.05) is 0 Å². The van der Waals surface area contributed by atoms with Gasteiger partial charge in [0.2, 0.25) is 0 Å². The van der Waals surface area contributed by atoms with E-state index in [0.29, 0.717) is 5.92 Å². The summed E-state index contributed by atoms with van der Waals surface area (Å²) in [6.45, 7) is 8.04. The Kier molecular flexibility index (Phi) is 7.78. The van der Waals surface area contributed by atoms with E-state index < -0.39 is 0 Å². The second kappa shape index (κ2) is 8.32. The van der Waals surface area contributed by atoms with Gasteiger partial charge in [-0.3, -0.25) is 0 Å². The third-order valence-corrected chi connectivity index (χ3v) is 1.52. The normalized spacial score (nSPS) is 11.9. The Balaban J connectivity index is 3.30. The first kappa shape index (κ1) is 11.2. The van der Waals surface area contributed by atoms with Gasteiger partial charge in [0.1, 0.15) is 0 Å². The van der Waals surface area contributed by atoms with E-state index in [1.54, 1.807) is 0 Å². The van der Waals surface area contributed by atoms with Crippen molar-refractivity contribution in [3.05, 3.63) is 37.0 Å². The van der Waals surface area contributed by atoms with E-state index in [9.17, 15) is 0 Å². The van der Waals surface area contributed by atoms with Crippen LogP contribution in [0.15, 0.2) is 37.0 Å². The summed E-state index contributed by atoms with van der Waals surface area (Å²) >= 11 is 0. The second-order valence-electron chi connectivity index (χ2n) is 3.28. The maximum Gasteiger partial charge on any atom is -0.0287 e. The summed E-state index contributed by atoms with van der Waals surface area (Å²) < 4.78 is 0. The topological polar surface area (TPSA) is 0 Å². The molecular formula is C12H20. The second-order valence-corrected chi connectivity index (χ2v) is 3.28. The predicted molar refractivity (Wildman–Crippen MR) is 57.2 cm³/mol. The van der Waals surface area contributed by atoms with Crippen molar-refractivity contribution in [2.75, 3.05) is 0 Å². The van der Waals surface area contributed by atoms with Crippen LogP contribution in [0, 0.1) is 5.92 Å². The van der Waals surface area contributed by atoms with Gasteiger partial charge in [-0.15, -0.1) is 6.58 Å². The molecule has 68 valence electrons. The summed E-state index contributed by atoms with van der Waals surface area (Å²) in [7, 11) is 0. The fraction of sp³-hybridized carbons (Fsp3) is 0.500. The lowest BCUT2D eigenvalue weighted by atomic mass is 10.2. The molecular weight excluding hydrogens is 144 g/mol. The van der Waals surface area contributed by atoms with E-state index in [0.717, 1.165) is 12.8 Å². The molecule has 0 heterocycles. The largest absolute Gasteiger partial charge is 0.103 e. The summed E-state index contributed by atoms with van der Waals surface area (Å²) in [5.74, 6) is 0.655. The molecule has 0 atom stereocenters. The lowest BCUT2D eigenvalue weighted by Crippen LogP contribution is -1.74. The molecule has 0 aliphatic rings. The molecule has 0 fully saturated rings. The van der Waals surface area contributed by atoms with E-state index in [1.807, 2.05) is 6.08 Å². The predicted octanol–water partition coefficient (Wildman–Crippen LogP) is 4.11. The van der Waals surface area contributed by atoms with Crippen molar-refractivity contribution < 1.29 is 0 Å². The molecule has 0 radical (unpaired) electrons. The summed E-state index contributed by atoms with van der Waals surface area (Å²) in [5, 5.41) is 0. The van der Waals surface area contributed by atoms with E-state index in [1.165, 1.54) is 6.42 Å². The Morgan fingerprint density at radius 2 is 1.92 bits per heavy atom. The van der Waals surface area contributed by atoms with Crippen molar-refractivity contribution in [1.29, 1.82) is 0 Å². The fourth-order valence-electron chi connectivity index (χ4n) is 0.841. The van der Waals surface area contributed by atoms with Crippen LogP contribution in [0.1, 0.15) is 33.1 Å². The summed E-state index contributed by atoms with van der Waals surface area (Å²) in [6, 6.07) is 0. The molecule has 0 amide bonds. The van der Waals surface area contributed by atoms with Crippen LogP contribution in [0.25, 0.3) is 0 Å². The first-order chi connectivity index (χ1) is 5.77. The molecule has 0 heteroatoms. The quantitative estimate of drug-likeness (QED) is 0.315. The Bertz CT molecular complexity index is 149. The van der Waals surface area contributed by atoms with Crippen molar-refractivity contribution in [2.45, 2.75) is 33.1 Å². The van der Waals surface area contributed by atoms with Gasteiger partial charge in [-0.2, -0.15) is 0 Å². The summed E-state index contributed by atoms with van der Waals surface area (Å²) in [5.41, 5.74) is 0. The van der Waals surface area contributed by atoms with Crippen molar-refractivity contribution in [2.24, 2.45) is 5.92 Å². The van der Waals surface area contributed by atoms with Crippen LogP contribution in [0.2, 0.25) is 0 Å². The molecule has 0 spiro atoms. The van der Waals surface area contributed by atoms with Gasteiger partial charge in [-0.25, -0.2) is 0 Å². The molecule has 0 aromatic heterocycles. The third-order valence-electron chi connectivity index (χ3n) is 1.52. The van der Waals surface area contributed by atoms with Crippen LogP contribution >= 0.6 is 0 Å². The number of rotatable bonds is 6. The lowest BCUT2D eigenvalue weighted by molar-refractivity contribution is 0.831. The average molecular weight is 164 g/mol. The lowest BCUT2D eigenvalue weighted by Gasteiger charge is -1.90. The molecule has 0 aliphatic carbocycles. The van der Waals surface area contributed by atoms with Gasteiger partial charge in [0.15, 0.2) is 0 Å². The molecule has 0 unspecified atom stereocenters. The molecule has 0 bridgehead atoms. The number of hydrogen-bond donors (Lipinski definition) is 0. The van der Waals surface area contributed by atoms with Gasteiger partial charge in [0.05, 0.1) is 0 Å². The van der Waals surface area contributed by atoms with E-state index in [4.69, 9.17) is 0 Å². The Morgan fingerprint density at radius 1 is 1.17 bits per heavy atom. The van der Waals surface area contributed by atoms with Crippen LogP contribution in [0.3, 0.4) is 0 Å². The molecule has 0 aliphatic heterocycles. The highest BCUT2D eigenvalue weighted by Gasteiger charge is 1.80. The van der Waals surface area contributed by atoms with Crippen LogP contribution < -0.4 is 0 Å². The summed E-state index contributed by atoms with van der Waals surface area (Å²) in [4.78, 5) is 0. The fourth-order valence-corrected chi connectivity index (χ4v) is 0.841. The smallest absolute Gasteiger partial charge is 0.0287 e. The van der Waals surface area contributed by atoms with Gasteiger partial charge >= 0.3 is 0 Å². The molecule has 0 saturated heterocycles.